The molecule has 0 spiro atoms. The van der Waals surface area contributed by atoms with E-state index in [1.54, 1.807) is 0 Å². The highest BCUT2D eigenvalue weighted by Gasteiger charge is 2.16. The predicted molar refractivity (Wildman–Crippen MR) is 59.9 cm³/mol. The quantitative estimate of drug-likeness (QED) is 0.400. The fourth-order valence-electron chi connectivity index (χ4n) is 0.587. The molecule has 0 atom stereocenters. The zero-order valence-electron chi connectivity index (χ0n) is 7.28. The molecule has 0 aromatic rings. The minimum Gasteiger partial charge on any atom is -0.454 e. The molecule has 0 rings (SSSR count). The molecule has 0 N–H and O–H groups in total. The first kappa shape index (κ1) is 14.5. The predicted octanol–water partition coefficient (Wildman–Crippen LogP) is 1.55. The van der Waals surface area contributed by atoms with Crippen molar-refractivity contribution in [3.63, 3.8) is 0 Å². The van der Waals surface area contributed by atoms with Gasteiger partial charge in [-0.15, -0.1) is 0 Å². The Morgan fingerprint density at radius 3 is 1.53 bits per heavy atom. The van der Waals surface area contributed by atoms with Crippen LogP contribution in [0.2, 0.25) is 0 Å². The first-order valence-electron chi connectivity index (χ1n) is 3.53. The van der Waals surface area contributed by atoms with Gasteiger partial charge in [-0.3, -0.25) is 0 Å². The summed E-state index contributed by atoms with van der Waals surface area (Å²) < 4.78 is 13.4. The first-order chi connectivity index (χ1) is 6.91. The smallest absolute Gasteiger partial charge is 0.364 e. The Labute approximate surface area is 102 Å². The summed E-state index contributed by atoms with van der Waals surface area (Å²) in [4.78, 5) is 31.1. The lowest BCUT2D eigenvalue weighted by atomic mass is 10.4. The SMILES string of the molecule is O=C(S)OCC(COC(=O)S)OC(=O)S. The van der Waals surface area contributed by atoms with Crippen LogP contribution in [0.1, 0.15) is 0 Å². The largest absolute Gasteiger partial charge is 0.454 e. The van der Waals surface area contributed by atoms with Gasteiger partial charge in [0.05, 0.1) is 0 Å². The number of hydrogen-bond donors (Lipinski definition) is 3. The molecule has 0 fully saturated rings. The fraction of sp³-hybridized carbons (Fsp3) is 0.500. The highest BCUT2D eigenvalue weighted by atomic mass is 32.1. The Balaban J connectivity index is 3.99. The van der Waals surface area contributed by atoms with Gasteiger partial charge < -0.3 is 14.2 Å². The van der Waals surface area contributed by atoms with E-state index in [4.69, 9.17) is 0 Å². The van der Waals surface area contributed by atoms with Gasteiger partial charge in [0.15, 0.2) is 6.10 Å². The Morgan fingerprint density at radius 2 is 1.27 bits per heavy atom. The van der Waals surface area contributed by atoms with Crippen LogP contribution in [0.4, 0.5) is 14.4 Å². The third-order valence-corrected chi connectivity index (χ3v) is 1.42. The average Bonchev–Trinajstić information content (AvgIpc) is 2.08. The van der Waals surface area contributed by atoms with E-state index in [1.165, 1.54) is 0 Å². The molecule has 6 nitrogen and oxygen atoms in total. The fourth-order valence-corrected chi connectivity index (χ4v) is 0.885. The van der Waals surface area contributed by atoms with Crippen molar-refractivity contribution in [3.8, 4) is 0 Å². The monoisotopic (exact) mass is 272 g/mol. The van der Waals surface area contributed by atoms with Gasteiger partial charge in [-0.2, -0.15) is 0 Å². The van der Waals surface area contributed by atoms with Gasteiger partial charge in [0.2, 0.25) is 0 Å². The van der Waals surface area contributed by atoms with Crippen molar-refractivity contribution in [2.45, 2.75) is 6.10 Å². The van der Waals surface area contributed by atoms with Gasteiger partial charge in [-0.25, -0.2) is 14.4 Å². The molecule has 9 heteroatoms. The van der Waals surface area contributed by atoms with Gasteiger partial charge in [0.25, 0.3) is 0 Å². The van der Waals surface area contributed by atoms with E-state index in [-0.39, 0.29) is 13.2 Å². The van der Waals surface area contributed by atoms with Crippen LogP contribution >= 0.6 is 37.9 Å². The van der Waals surface area contributed by atoms with Crippen molar-refractivity contribution in [2.75, 3.05) is 13.2 Å². The van der Waals surface area contributed by atoms with Crippen molar-refractivity contribution in [2.24, 2.45) is 0 Å². The summed E-state index contributed by atoms with van der Waals surface area (Å²) in [6.45, 7) is -0.564. The minimum absolute atomic E-state index is 0.282. The molecule has 0 aliphatic carbocycles. The van der Waals surface area contributed by atoms with Crippen LogP contribution in [0.3, 0.4) is 0 Å². The number of carbonyl (C=O) groups is 3. The Morgan fingerprint density at radius 1 is 0.867 bits per heavy atom. The molecule has 0 heterocycles. The maximum atomic E-state index is 10.5. The second-order valence-electron chi connectivity index (χ2n) is 2.16. The summed E-state index contributed by atoms with van der Waals surface area (Å²) in [6.07, 6.45) is -0.929. The molecule has 0 saturated heterocycles. The number of hydrogen-bond acceptors (Lipinski definition) is 6. The maximum Gasteiger partial charge on any atom is 0.364 e. The second kappa shape index (κ2) is 7.71. The van der Waals surface area contributed by atoms with E-state index in [9.17, 15) is 14.4 Å². The summed E-state index contributed by atoms with van der Waals surface area (Å²) in [5.74, 6) is 0. The first-order valence-corrected chi connectivity index (χ1v) is 4.87. The van der Waals surface area contributed by atoms with E-state index in [2.05, 4.69) is 52.1 Å². The lowest BCUT2D eigenvalue weighted by Crippen LogP contribution is -2.27. The third-order valence-electron chi connectivity index (χ3n) is 1.05. The van der Waals surface area contributed by atoms with E-state index < -0.39 is 22.0 Å². The molecular formula is C6H8O6S3. The van der Waals surface area contributed by atoms with Crippen molar-refractivity contribution in [1.82, 2.24) is 0 Å². The average molecular weight is 272 g/mol. The van der Waals surface area contributed by atoms with Gasteiger partial charge in [-0.05, 0) is 0 Å². The number of ether oxygens (including phenoxy) is 3. The highest BCUT2D eigenvalue weighted by molar-refractivity contribution is 7.96. The molecule has 86 valence electrons. The van der Waals surface area contributed by atoms with Gasteiger partial charge in [-0.1, -0.05) is 37.9 Å². The molecule has 0 saturated carbocycles. The van der Waals surface area contributed by atoms with Crippen molar-refractivity contribution in [3.05, 3.63) is 0 Å². The Kier molecular flexibility index (Phi) is 7.44. The van der Waals surface area contributed by atoms with Crippen LogP contribution in [-0.2, 0) is 14.2 Å². The molecule has 15 heavy (non-hydrogen) atoms. The minimum atomic E-state index is -0.929. The maximum absolute atomic E-state index is 10.5. The number of thiol groups is 3. The summed E-state index contributed by atoms with van der Waals surface area (Å²) >= 11 is 10.0. The summed E-state index contributed by atoms with van der Waals surface area (Å²) in [5, 5.41) is -2.56. The van der Waals surface area contributed by atoms with Crippen LogP contribution < -0.4 is 0 Å². The normalized spacial score (nSPS) is 9.60. The highest BCUT2D eigenvalue weighted by Crippen LogP contribution is 2.02. The van der Waals surface area contributed by atoms with E-state index in [1.807, 2.05) is 0 Å². The molecule has 0 unspecified atom stereocenters. The van der Waals surface area contributed by atoms with Gasteiger partial charge >= 0.3 is 15.9 Å². The van der Waals surface area contributed by atoms with Crippen LogP contribution in [0.5, 0.6) is 0 Å². The Hall–Kier alpha value is -0.540. The zero-order chi connectivity index (χ0) is 11.8. The number of carbonyl (C=O) groups excluding carboxylic acids is 3. The molecule has 0 aliphatic heterocycles. The molecule has 0 aliphatic rings. The second-order valence-corrected chi connectivity index (χ2v) is 3.26. The van der Waals surface area contributed by atoms with E-state index in [0.717, 1.165) is 0 Å². The molecule has 0 bridgehead atoms. The lowest BCUT2D eigenvalue weighted by Gasteiger charge is -2.15. The number of rotatable bonds is 5. The van der Waals surface area contributed by atoms with Crippen molar-refractivity contribution < 1.29 is 28.6 Å². The standard InChI is InChI=1S/C6H8O6S3/c7-4(13)10-1-3(12-6(9)15)2-11-5(8)14/h3H,1-2H2,(H,7,13)(H,8,14)(H,9,15). The van der Waals surface area contributed by atoms with E-state index >= 15 is 0 Å². The van der Waals surface area contributed by atoms with Crippen LogP contribution in [0.25, 0.3) is 0 Å². The van der Waals surface area contributed by atoms with Crippen molar-refractivity contribution in [1.29, 1.82) is 0 Å². The zero-order valence-corrected chi connectivity index (χ0v) is 9.97. The molecule has 0 amide bonds. The molecular weight excluding hydrogens is 264 g/mol. The summed E-state index contributed by atoms with van der Waals surface area (Å²) in [5.41, 5.74) is 0. The topological polar surface area (TPSA) is 78.9 Å². The third kappa shape index (κ3) is 9.76. The molecule has 0 aromatic carbocycles. The van der Waals surface area contributed by atoms with Crippen LogP contribution in [-0.4, -0.2) is 35.2 Å². The molecule has 0 radical (unpaired) electrons. The summed E-state index contributed by atoms with van der Waals surface area (Å²) in [6, 6.07) is 0. The summed E-state index contributed by atoms with van der Waals surface area (Å²) in [7, 11) is 0. The van der Waals surface area contributed by atoms with Gasteiger partial charge in [0.1, 0.15) is 13.2 Å². The van der Waals surface area contributed by atoms with Crippen LogP contribution in [0, 0.1) is 0 Å². The lowest BCUT2D eigenvalue weighted by molar-refractivity contribution is 0.0280. The van der Waals surface area contributed by atoms with Gasteiger partial charge in [0, 0.05) is 0 Å². The van der Waals surface area contributed by atoms with Crippen molar-refractivity contribution >= 4 is 53.8 Å². The van der Waals surface area contributed by atoms with Crippen LogP contribution in [0.15, 0.2) is 0 Å². The molecule has 0 aromatic heterocycles. The van der Waals surface area contributed by atoms with E-state index in [0.29, 0.717) is 0 Å². The Bertz CT molecular complexity index is 237.